The van der Waals surface area contributed by atoms with Gasteiger partial charge in [0.1, 0.15) is 6.10 Å². The van der Waals surface area contributed by atoms with Crippen LogP contribution in [0.4, 0.5) is 0 Å². The summed E-state index contributed by atoms with van der Waals surface area (Å²) in [6.07, 6.45) is -1.33. The summed E-state index contributed by atoms with van der Waals surface area (Å²) in [6.45, 7) is 12.8. The lowest BCUT2D eigenvalue weighted by atomic mass is 9.40. The third kappa shape index (κ3) is 3.37. The first-order valence-corrected chi connectivity index (χ1v) is 15.4. The van der Waals surface area contributed by atoms with Gasteiger partial charge >= 0.3 is 0 Å². The van der Waals surface area contributed by atoms with Crippen LogP contribution in [0.2, 0.25) is 0 Å². The third-order valence-corrected chi connectivity index (χ3v) is 13.6. The summed E-state index contributed by atoms with van der Waals surface area (Å²) in [6, 6.07) is 8.29. The van der Waals surface area contributed by atoms with E-state index in [1.54, 1.807) is 30.6 Å². The summed E-state index contributed by atoms with van der Waals surface area (Å²) in [5.74, 6) is -0.545. The maximum Gasteiger partial charge on any atom is 0.174 e. The Bertz CT molecular complexity index is 1170. The average molecular weight is 561 g/mol. The van der Waals surface area contributed by atoms with Crippen LogP contribution >= 0.6 is 23.5 Å². The van der Waals surface area contributed by atoms with Crippen LogP contribution in [0.25, 0.3) is 0 Å². The minimum atomic E-state index is -1.25. The lowest BCUT2D eigenvalue weighted by Crippen LogP contribution is -2.75. The van der Waals surface area contributed by atoms with Crippen LogP contribution in [-0.4, -0.2) is 64.5 Å². The Kier molecular flexibility index (Phi) is 6.33. The van der Waals surface area contributed by atoms with Gasteiger partial charge in [-0.15, -0.1) is 0 Å². The normalized spacial score (nSPS) is 46.0. The van der Waals surface area contributed by atoms with Crippen molar-refractivity contribution in [1.82, 2.24) is 0 Å². The molecule has 1 aromatic carbocycles. The molecular weight excluding hydrogens is 520 g/mol. The number of aliphatic hydroxyl groups excluding tert-OH is 1. The van der Waals surface area contributed by atoms with Crippen molar-refractivity contribution < 1.29 is 29.2 Å². The van der Waals surface area contributed by atoms with E-state index in [1.165, 1.54) is 9.79 Å². The number of carbonyl (C=O) groups is 1. The van der Waals surface area contributed by atoms with Crippen molar-refractivity contribution in [2.45, 2.75) is 99.0 Å². The Morgan fingerprint density at radius 3 is 2.29 bits per heavy atom. The summed E-state index contributed by atoms with van der Waals surface area (Å²) in [5.41, 5.74) is -1.80. The summed E-state index contributed by atoms with van der Waals surface area (Å²) >= 11 is 3.37. The topological polar surface area (TPSA) is 85.2 Å². The zero-order valence-corrected chi connectivity index (χ0v) is 24.9. The highest BCUT2D eigenvalue weighted by molar-refractivity contribution is 8.19. The molecule has 8 heteroatoms. The first-order chi connectivity index (χ1) is 17.8. The molecule has 1 aromatic rings. The molecule has 38 heavy (non-hydrogen) atoms. The minimum absolute atomic E-state index is 0.0162. The molecule has 5 aliphatic rings. The highest BCUT2D eigenvalue weighted by Crippen LogP contribution is 2.68. The summed E-state index contributed by atoms with van der Waals surface area (Å²) in [7, 11) is 1.57. The van der Waals surface area contributed by atoms with Gasteiger partial charge in [-0.05, 0) is 49.0 Å². The number of methoxy groups -OCH3 is 1. The number of rotatable bonds is 3. The molecule has 208 valence electrons. The lowest BCUT2D eigenvalue weighted by molar-refractivity contribution is -0.306. The molecule has 0 radical (unpaired) electrons. The van der Waals surface area contributed by atoms with Crippen molar-refractivity contribution in [3.63, 3.8) is 0 Å². The van der Waals surface area contributed by atoms with E-state index in [4.69, 9.17) is 14.2 Å². The van der Waals surface area contributed by atoms with Crippen LogP contribution in [0.1, 0.15) is 54.4 Å². The molecule has 6 nitrogen and oxygen atoms in total. The maximum absolute atomic E-state index is 14.9. The molecule has 6 rings (SSSR count). The number of Topliss-reactive ketones (excluding diaryl/α,β-unsaturated/α-hetero) is 1. The fraction of sp³-hybridized carbons (Fsp3) is 0.700. The number of ether oxygens (including phenoxy) is 3. The molecule has 3 aliphatic carbocycles. The van der Waals surface area contributed by atoms with Crippen LogP contribution in [0.5, 0.6) is 0 Å². The summed E-state index contributed by atoms with van der Waals surface area (Å²) in [5, 5.41) is 23.8. The summed E-state index contributed by atoms with van der Waals surface area (Å²) < 4.78 is 18.9. The first kappa shape index (κ1) is 27.3. The van der Waals surface area contributed by atoms with Gasteiger partial charge in [-0.3, -0.25) is 4.79 Å². The molecular formula is C30H40O6S2. The molecule has 0 spiro atoms. The van der Waals surface area contributed by atoms with Gasteiger partial charge in [0, 0.05) is 40.6 Å². The predicted molar refractivity (Wildman–Crippen MR) is 148 cm³/mol. The SMILES string of the molecule is CO[C@H]1C(=O)[C@]2(C)[C@@H](OC3Sc4ccccc4S3)C[C@H]3OC[C@@]3(C)[C@H]2[C@H](C)[C@]2(O)C[C@H](O)C(C)=C1C2(C)C. The Balaban J connectivity index is 1.49. The Morgan fingerprint density at radius 2 is 1.74 bits per heavy atom. The molecule has 2 heterocycles. The number of carbonyl (C=O) groups excluding carboxylic acids is 1. The van der Waals surface area contributed by atoms with E-state index in [-0.39, 0.29) is 40.3 Å². The van der Waals surface area contributed by atoms with Gasteiger partial charge in [-0.25, -0.2) is 0 Å². The smallest absolute Gasteiger partial charge is 0.174 e. The van der Waals surface area contributed by atoms with E-state index < -0.39 is 34.7 Å². The van der Waals surface area contributed by atoms with Crippen LogP contribution in [0.15, 0.2) is 45.2 Å². The zero-order chi connectivity index (χ0) is 27.4. The van der Waals surface area contributed by atoms with E-state index in [0.29, 0.717) is 18.6 Å². The minimum Gasteiger partial charge on any atom is -0.389 e. The van der Waals surface area contributed by atoms with Crippen molar-refractivity contribution in [2.75, 3.05) is 13.7 Å². The lowest BCUT2D eigenvalue weighted by Gasteiger charge is -2.69. The van der Waals surface area contributed by atoms with Gasteiger partial charge in [0.2, 0.25) is 0 Å². The van der Waals surface area contributed by atoms with Crippen molar-refractivity contribution in [3.05, 3.63) is 35.4 Å². The van der Waals surface area contributed by atoms with Gasteiger partial charge in [0.25, 0.3) is 0 Å². The van der Waals surface area contributed by atoms with Crippen molar-refractivity contribution in [3.8, 4) is 0 Å². The van der Waals surface area contributed by atoms with E-state index in [1.807, 2.05) is 39.8 Å². The molecule has 2 N–H and O–H groups in total. The van der Waals surface area contributed by atoms with Crippen molar-refractivity contribution >= 4 is 29.3 Å². The van der Waals surface area contributed by atoms with Gasteiger partial charge < -0.3 is 24.4 Å². The highest BCUT2D eigenvalue weighted by Gasteiger charge is 2.73. The van der Waals surface area contributed by atoms with Crippen molar-refractivity contribution in [1.29, 1.82) is 0 Å². The van der Waals surface area contributed by atoms with Gasteiger partial charge in [-0.2, -0.15) is 0 Å². The van der Waals surface area contributed by atoms with E-state index in [2.05, 4.69) is 26.0 Å². The van der Waals surface area contributed by atoms with Crippen LogP contribution in [0, 0.1) is 28.1 Å². The second-order valence-electron chi connectivity index (χ2n) is 13.0. The number of thioether (sulfide) groups is 2. The van der Waals surface area contributed by atoms with Crippen LogP contribution in [-0.2, 0) is 19.0 Å². The molecule has 3 fully saturated rings. The third-order valence-electron chi connectivity index (χ3n) is 11.1. The Labute approximate surface area is 234 Å². The number of benzene rings is 1. The van der Waals surface area contributed by atoms with Crippen LogP contribution < -0.4 is 0 Å². The molecule has 0 amide bonds. The molecule has 2 bridgehead atoms. The monoisotopic (exact) mass is 560 g/mol. The largest absolute Gasteiger partial charge is 0.389 e. The van der Waals surface area contributed by atoms with Gasteiger partial charge in [-0.1, -0.05) is 63.4 Å². The molecule has 2 saturated carbocycles. The molecule has 0 unspecified atom stereocenters. The molecule has 1 saturated heterocycles. The van der Waals surface area contributed by atoms with E-state index >= 15 is 0 Å². The van der Waals surface area contributed by atoms with E-state index in [0.717, 1.165) is 5.57 Å². The zero-order valence-electron chi connectivity index (χ0n) is 23.3. The fourth-order valence-electron chi connectivity index (χ4n) is 8.89. The maximum atomic E-state index is 14.9. The standard InChI is InChI=1S/C30H40O6S2/c1-15-17(31)13-30(33)16(2)24-28(5)14-35-20(28)12-21(36-26-37-18-10-8-9-11-19(18)38-26)29(24,6)25(32)23(34-7)22(15)27(30,3)4/h8-11,16-17,20-21,23-24,26,31,33H,12-14H2,1-7H3/t16-,17-,20+,21-,23+,24+,28+,29+,30+/m0/s1. The Morgan fingerprint density at radius 1 is 1.11 bits per heavy atom. The van der Waals surface area contributed by atoms with E-state index in [9.17, 15) is 15.0 Å². The molecule has 9 atom stereocenters. The van der Waals surface area contributed by atoms with Gasteiger partial charge in [0.05, 0.1) is 35.9 Å². The van der Waals surface area contributed by atoms with Crippen molar-refractivity contribution in [2.24, 2.45) is 28.1 Å². The number of ketones is 1. The molecule has 0 aromatic heterocycles. The first-order valence-electron chi connectivity index (χ1n) is 13.7. The van der Waals surface area contributed by atoms with Gasteiger partial charge in [0.15, 0.2) is 10.6 Å². The van der Waals surface area contributed by atoms with Crippen LogP contribution in [0.3, 0.4) is 0 Å². The number of hydrogen-bond donors (Lipinski definition) is 2. The molecule has 2 aliphatic heterocycles. The summed E-state index contributed by atoms with van der Waals surface area (Å²) in [4.78, 5) is 17.3. The Hall–Kier alpha value is -0.870. The quantitative estimate of drug-likeness (QED) is 0.497. The number of aliphatic hydroxyl groups is 2. The highest BCUT2D eigenvalue weighted by atomic mass is 32.2. The number of fused-ring (bicyclic) bond motifs is 6. The second-order valence-corrected chi connectivity index (χ2v) is 15.5. The predicted octanol–water partition coefficient (Wildman–Crippen LogP) is 5.06. The average Bonchev–Trinajstić information content (AvgIpc) is 3.28. The number of hydrogen-bond acceptors (Lipinski definition) is 8. The fourth-order valence-corrected chi connectivity index (χ4v) is 11.5. The second kappa shape index (κ2) is 8.81.